The number of hydrogen-bond acceptors (Lipinski definition) is 2. The number of aromatic nitrogens is 4. The Balaban J connectivity index is 1.89. The molecule has 0 aliphatic carbocycles. The Labute approximate surface area is 112 Å². The maximum atomic E-state index is 4.48. The van der Waals surface area contributed by atoms with Crippen molar-refractivity contribution in [2.75, 3.05) is 0 Å². The van der Waals surface area contributed by atoms with E-state index in [9.17, 15) is 0 Å². The highest BCUT2D eigenvalue weighted by Gasteiger charge is 2.05. The summed E-state index contributed by atoms with van der Waals surface area (Å²) in [4.78, 5) is 8.72. The van der Waals surface area contributed by atoms with Crippen LogP contribution in [0.5, 0.6) is 0 Å². The van der Waals surface area contributed by atoms with E-state index in [-0.39, 0.29) is 0 Å². The molecular weight excluding hydrogens is 236 g/mol. The minimum Gasteiger partial charge on any atom is -0.333 e. The van der Waals surface area contributed by atoms with Crippen molar-refractivity contribution in [3.05, 3.63) is 47.8 Å². The van der Waals surface area contributed by atoms with Crippen molar-refractivity contribution >= 4 is 11.0 Å². The summed E-state index contributed by atoms with van der Waals surface area (Å²) in [7, 11) is 0. The molecule has 2 aromatic heterocycles. The van der Waals surface area contributed by atoms with Crippen LogP contribution in [0.15, 0.2) is 30.9 Å². The van der Waals surface area contributed by atoms with Crippen LogP contribution in [0.3, 0.4) is 0 Å². The van der Waals surface area contributed by atoms with E-state index in [4.69, 9.17) is 0 Å². The summed E-state index contributed by atoms with van der Waals surface area (Å²) in [5.41, 5.74) is 4.89. The Morgan fingerprint density at radius 3 is 2.42 bits per heavy atom. The molecule has 0 aliphatic rings. The van der Waals surface area contributed by atoms with Crippen LogP contribution in [-0.4, -0.2) is 19.1 Å². The third kappa shape index (κ3) is 2.14. The first kappa shape index (κ1) is 12.0. The lowest BCUT2D eigenvalue weighted by Gasteiger charge is -2.08. The van der Waals surface area contributed by atoms with Crippen molar-refractivity contribution in [1.29, 1.82) is 0 Å². The highest BCUT2D eigenvalue weighted by molar-refractivity contribution is 5.77. The number of nitrogens with zero attached hydrogens (tertiary/aromatic N) is 4. The average Bonchev–Trinajstić information content (AvgIpc) is 2.95. The van der Waals surface area contributed by atoms with Crippen LogP contribution in [0.4, 0.5) is 0 Å². The van der Waals surface area contributed by atoms with Crippen LogP contribution < -0.4 is 0 Å². The molecule has 4 heteroatoms. The predicted octanol–water partition coefficient (Wildman–Crippen LogP) is 2.86. The van der Waals surface area contributed by atoms with Crippen LogP contribution in [0.25, 0.3) is 11.0 Å². The van der Waals surface area contributed by atoms with Gasteiger partial charge in [0.15, 0.2) is 0 Å². The molecule has 1 aromatic carbocycles. The van der Waals surface area contributed by atoms with E-state index in [2.05, 4.69) is 45.1 Å². The van der Waals surface area contributed by atoms with Crippen molar-refractivity contribution in [3.63, 3.8) is 0 Å². The molecule has 0 radical (unpaired) electrons. The number of hydrogen-bond donors (Lipinski definition) is 0. The molecule has 0 fully saturated rings. The molecule has 0 aliphatic heterocycles. The smallest absolute Gasteiger partial charge is 0.105 e. The number of benzene rings is 1. The van der Waals surface area contributed by atoms with Crippen molar-refractivity contribution in [3.8, 4) is 0 Å². The molecule has 0 bridgehead atoms. The van der Waals surface area contributed by atoms with Crippen LogP contribution in [0.2, 0.25) is 0 Å². The van der Waals surface area contributed by atoms with Gasteiger partial charge in [-0.3, -0.25) is 0 Å². The van der Waals surface area contributed by atoms with Gasteiger partial charge in [0.1, 0.15) is 5.82 Å². The van der Waals surface area contributed by atoms with Gasteiger partial charge in [-0.15, -0.1) is 0 Å². The lowest BCUT2D eigenvalue weighted by atomic mass is 10.1. The Morgan fingerprint density at radius 1 is 0.947 bits per heavy atom. The van der Waals surface area contributed by atoms with Gasteiger partial charge in [-0.25, -0.2) is 9.97 Å². The Kier molecular flexibility index (Phi) is 2.85. The van der Waals surface area contributed by atoms with Crippen molar-refractivity contribution < 1.29 is 0 Å². The molecule has 2 heterocycles. The van der Waals surface area contributed by atoms with E-state index in [1.165, 1.54) is 16.6 Å². The average molecular weight is 254 g/mol. The summed E-state index contributed by atoms with van der Waals surface area (Å²) in [6.45, 7) is 8.13. The first-order chi connectivity index (χ1) is 9.15. The van der Waals surface area contributed by atoms with E-state index >= 15 is 0 Å². The summed E-state index contributed by atoms with van der Waals surface area (Å²) < 4.78 is 4.37. The Bertz CT molecular complexity index is 721. The summed E-state index contributed by atoms with van der Waals surface area (Å²) >= 11 is 0. The first-order valence-electron chi connectivity index (χ1n) is 6.55. The number of imidazole rings is 2. The van der Waals surface area contributed by atoms with Gasteiger partial charge >= 0.3 is 0 Å². The van der Waals surface area contributed by atoms with E-state index in [1.54, 1.807) is 0 Å². The molecule has 98 valence electrons. The number of fused-ring (bicyclic) bond motifs is 1. The SMILES string of the molecule is Cc1cc2ncn(CCn3ccnc3C)c2cc1C. The van der Waals surface area contributed by atoms with Crippen LogP contribution in [0, 0.1) is 20.8 Å². The minimum atomic E-state index is 0.913. The fourth-order valence-electron chi connectivity index (χ4n) is 2.35. The molecule has 3 rings (SSSR count). The van der Waals surface area contributed by atoms with E-state index < -0.39 is 0 Å². The lowest BCUT2D eigenvalue weighted by molar-refractivity contribution is 0.577. The van der Waals surface area contributed by atoms with Gasteiger partial charge in [0.05, 0.1) is 17.4 Å². The van der Waals surface area contributed by atoms with Gasteiger partial charge < -0.3 is 9.13 Å². The zero-order valence-corrected chi connectivity index (χ0v) is 11.6. The quantitative estimate of drug-likeness (QED) is 0.720. The largest absolute Gasteiger partial charge is 0.333 e. The lowest BCUT2D eigenvalue weighted by Crippen LogP contribution is -2.07. The maximum Gasteiger partial charge on any atom is 0.105 e. The third-order valence-corrected chi connectivity index (χ3v) is 3.74. The normalized spacial score (nSPS) is 11.3. The van der Waals surface area contributed by atoms with Gasteiger partial charge in [0.2, 0.25) is 0 Å². The third-order valence-electron chi connectivity index (χ3n) is 3.74. The van der Waals surface area contributed by atoms with Crippen LogP contribution in [0.1, 0.15) is 17.0 Å². The van der Waals surface area contributed by atoms with Gasteiger partial charge in [0.25, 0.3) is 0 Å². The fourth-order valence-corrected chi connectivity index (χ4v) is 2.35. The van der Waals surface area contributed by atoms with E-state index in [1.807, 2.05) is 25.6 Å². The predicted molar refractivity (Wildman–Crippen MR) is 76.2 cm³/mol. The summed E-state index contributed by atoms with van der Waals surface area (Å²) in [6, 6.07) is 4.38. The van der Waals surface area contributed by atoms with Gasteiger partial charge in [-0.1, -0.05) is 0 Å². The fraction of sp³-hybridized carbons (Fsp3) is 0.333. The van der Waals surface area contributed by atoms with Crippen LogP contribution >= 0.6 is 0 Å². The second-order valence-corrected chi connectivity index (χ2v) is 5.03. The van der Waals surface area contributed by atoms with Crippen molar-refractivity contribution in [2.24, 2.45) is 0 Å². The Hall–Kier alpha value is -2.10. The topological polar surface area (TPSA) is 35.6 Å². The zero-order chi connectivity index (χ0) is 13.4. The van der Waals surface area contributed by atoms with Crippen LogP contribution in [-0.2, 0) is 13.1 Å². The van der Waals surface area contributed by atoms with Gasteiger partial charge in [0, 0.05) is 25.5 Å². The molecule has 3 aromatic rings. The molecule has 0 N–H and O–H groups in total. The summed E-state index contributed by atoms with van der Waals surface area (Å²) in [5, 5.41) is 0. The highest BCUT2D eigenvalue weighted by Crippen LogP contribution is 2.18. The van der Waals surface area contributed by atoms with Crippen molar-refractivity contribution in [2.45, 2.75) is 33.9 Å². The standard InChI is InChI=1S/C15H18N4/c1-11-8-14-15(9-12(11)2)19(10-17-14)7-6-18-5-4-16-13(18)3/h4-5,8-10H,6-7H2,1-3H3. The molecule has 4 nitrogen and oxygen atoms in total. The monoisotopic (exact) mass is 254 g/mol. The minimum absolute atomic E-state index is 0.913. The zero-order valence-electron chi connectivity index (χ0n) is 11.6. The molecule has 0 atom stereocenters. The molecule has 0 amide bonds. The van der Waals surface area contributed by atoms with E-state index in [0.29, 0.717) is 0 Å². The molecule has 0 spiro atoms. The summed E-state index contributed by atoms with van der Waals surface area (Å²) in [6.07, 6.45) is 5.79. The molecule has 0 saturated carbocycles. The highest BCUT2D eigenvalue weighted by atomic mass is 15.1. The Morgan fingerprint density at radius 2 is 1.68 bits per heavy atom. The molecule has 19 heavy (non-hydrogen) atoms. The van der Waals surface area contributed by atoms with Crippen molar-refractivity contribution in [1.82, 2.24) is 19.1 Å². The van der Waals surface area contributed by atoms with Gasteiger partial charge in [-0.2, -0.15) is 0 Å². The second kappa shape index (κ2) is 4.53. The van der Waals surface area contributed by atoms with E-state index in [0.717, 1.165) is 24.4 Å². The van der Waals surface area contributed by atoms with Gasteiger partial charge in [-0.05, 0) is 44.0 Å². The molecule has 0 unspecified atom stereocenters. The first-order valence-corrected chi connectivity index (χ1v) is 6.55. The number of aryl methyl sites for hydroxylation is 5. The molecular formula is C15H18N4. The summed E-state index contributed by atoms with van der Waals surface area (Å²) in [5.74, 6) is 1.05. The molecule has 0 saturated heterocycles. The maximum absolute atomic E-state index is 4.48. The number of rotatable bonds is 3. The second-order valence-electron chi connectivity index (χ2n) is 5.03.